The van der Waals surface area contributed by atoms with Gasteiger partial charge in [-0.2, -0.15) is 0 Å². The highest BCUT2D eigenvalue weighted by atomic mass is 35.5. The molecule has 0 unspecified atom stereocenters. The summed E-state index contributed by atoms with van der Waals surface area (Å²) in [7, 11) is 1.32. The summed E-state index contributed by atoms with van der Waals surface area (Å²) in [6, 6.07) is 3.49. The first kappa shape index (κ1) is 11.1. The van der Waals surface area contributed by atoms with Gasteiger partial charge in [-0.15, -0.1) is 0 Å². The van der Waals surface area contributed by atoms with Crippen LogP contribution in [0, 0.1) is 0 Å². The zero-order valence-corrected chi connectivity index (χ0v) is 9.01. The Kier molecular flexibility index (Phi) is 4.49. The molecule has 1 aromatic heterocycles. The van der Waals surface area contributed by atoms with Crippen LogP contribution in [0.5, 0.6) is 0 Å². The fourth-order valence-electron chi connectivity index (χ4n) is 0.680. The number of halogens is 1. The van der Waals surface area contributed by atoms with E-state index in [4.69, 9.17) is 11.6 Å². The van der Waals surface area contributed by atoms with Gasteiger partial charge in [-0.05, 0) is 17.5 Å². The van der Waals surface area contributed by atoms with Crippen molar-refractivity contribution in [3.05, 3.63) is 34.8 Å². The number of thioether (sulfide) groups is 1. The van der Waals surface area contributed by atoms with Crippen molar-refractivity contribution in [2.45, 2.75) is 5.03 Å². The zero-order chi connectivity index (χ0) is 10.4. The zero-order valence-electron chi connectivity index (χ0n) is 7.44. The molecule has 5 heteroatoms. The van der Waals surface area contributed by atoms with Crippen LogP contribution in [0.1, 0.15) is 0 Å². The second-order valence-electron chi connectivity index (χ2n) is 2.23. The molecular formula is C9H8ClNO2S. The van der Waals surface area contributed by atoms with Gasteiger partial charge in [0.2, 0.25) is 0 Å². The summed E-state index contributed by atoms with van der Waals surface area (Å²) in [4.78, 5) is 14.7. The molecule has 0 radical (unpaired) electrons. The number of hydrogen-bond donors (Lipinski definition) is 0. The van der Waals surface area contributed by atoms with Crippen molar-refractivity contribution >= 4 is 29.3 Å². The summed E-state index contributed by atoms with van der Waals surface area (Å²) >= 11 is 7.11. The molecule has 1 rings (SSSR count). The Hall–Kier alpha value is -1.00. The molecule has 0 bridgehead atoms. The smallest absolute Gasteiger partial charge is 0.330 e. The number of carbonyl (C=O) groups is 1. The second-order valence-corrected chi connectivity index (χ2v) is 3.54. The van der Waals surface area contributed by atoms with Crippen LogP contribution >= 0.6 is 23.4 Å². The fourth-order valence-corrected chi connectivity index (χ4v) is 1.55. The van der Waals surface area contributed by atoms with Gasteiger partial charge in [0.25, 0.3) is 0 Å². The maximum absolute atomic E-state index is 10.7. The molecule has 0 spiro atoms. The largest absolute Gasteiger partial charge is 0.466 e. The standard InChI is InChI=1S/C9H8ClNO2S/c1-13-8(12)4-6-14-9-7(10)3-2-5-11-9/h2-6H,1H3. The van der Waals surface area contributed by atoms with Gasteiger partial charge >= 0.3 is 5.97 Å². The molecule has 0 N–H and O–H groups in total. The first-order valence-electron chi connectivity index (χ1n) is 3.75. The predicted octanol–water partition coefficient (Wildman–Crippen LogP) is 2.51. The van der Waals surface area contributed by atoms with Crippen LogP contribution in [0.15, 0.2) is 34.8 Å². The predicted molar refractivity (Wildman–Crippen MR) is 56.3 cm³/mol. The number of carbonyl (C=O) groups excluding carboxylic acids is 1. The van der Waals surface area contributed by atoms with E-state index in [0.29, 0.717) is 10.0 Å². The molecule has 0 amide bonds. The number of methoxy groups -OCH3 is 1. The Morgan fingerprint density at radius 3 is 3.14 bits per heavy atom. The topological polar surface area (TPSA) is 39.2 Å². The minimum Gasteiger partial charge on any atom is -0.466 e. The van der Waals surface area contributed by atoms with Crippen molar-refractivity contribution in [3.63, 3.8) is 0 Å². The van der Waals surface area contributed by atoms with Crippen molar-refractivity contribution < 1.29 is 9.53 Å². The summed E-state index contributed by atoms with van der Waals surface area (Å²) in [6.07, 6.45) is 2.95. The lowest BCUT2D eigenvalue weighted by atomic mass is 10.5. The van der Waals surface area contributed by atoms with E-state index in [1.807, 2.05) is 0 Å². The molecular weight excluding hydrogens is 222 g/mol. The van der Waals surface area contributed by atoms with Crippen LogP contribution in [0.3, 0.4) is 0 Å². The Bertz CT molecular complexity index is 354. The van der Waals surface area contributed by atoms with E-state index < -0.39 is 5.97 Å². The van der Waals surface area contributed by atoms with E-state index in [9.17, 15) is 4.79 Å². The molecule has 14 heavy (non-hydrogen) atoms. The van der Waals surface area contributed by atoms with Crippen molar-refractivity contribution in [2.75, 3.05) is 7.11 Å². The summed E-state index contributed by atoms with van der Waals surface area (Å²) in [5.74, 6) is -0.399. The Morgan fingerprint density at radius 2 is 2.50 bits per heavy atom. The molecule has 0 aromatic carbocycles. The average molecular weight is 230 g/mol. The van der Waals surface area contributed by atoms with Crippen molar-refractivity contribution in [1.29, 1.82) is 0 Å². The van der Waals surface area contributed by atoms with Crippen LogP contribution in [-0.2, 0) is 9.53 Å². The maximum Gasteiger partial charge on any atom is 0.330 e. The Morgan fingerprint density at radius 1 is 1.71 bits per heavy atom. The summed E-state index contributed by atoms with van der Waals surface area (Å²) in [5, 5.41) is 2.81. The number of rotatable bonds is 3. The maximum atomic E-state index is 10.7. The number of aromatic nitrogens is 1. The van der Waals surface area contributed by atoms with Crippen molar-refractivity contribution in [3.8, 4) is 0 Å². The minimum atomic E-state index is -0.399. The molecule has 0 aliphatic rings. The molecule has 0 aliphatic carbocycles. The number of pyridine rings is 1. The van der Waals surface area contributed by atoms with Gasteiger partial charge in [0, 0.05) is 12.3 Å². The van der Waals surface area contributed by atoms with Gasteiger partial charge in [-0.1, -0.05) is 23.4 Å². The highest BCUT2D eigenvalue weighted by molar-refractivity contribution is 8.02. The van der Waals surface area contributed by atoms with Gasteiger partial charge < -0.3 is 4.74 Å². The SMILES string of the molecule is COC(=O)C=CSc1ncccc1Cl. The van der Waals surface area contributed by atoms with Crippen molar-refractivity contribution in [2.24, 2.45) is 0 Å². The molecule has 1 aromatic rings. The fraction of sp³-hybridized carbons (Fsp3) is 0.111. The lowest BCUT2D eigenvalue weighted by molar-refractivity contribution is -0.134. The van der Waals surface area contributed by atoms with E-state index in [0.717, 1.165) is 0 Å². The van der Waals surface area contributed by atoms with Crippen LogP contribution in [0.2, 0.25) is 5.02 Å². The highest BCUT2D eigenvalue weighted by Gasteiger charge is 1.98. The third kappa shape index (κ3) is 3.40. The number of esters is 1. The summed E-state index contributed by atoms with van der Waals surface area (Å²) in [5.41, 5.74) is 0. The van der Waals surface area contributed by atoms with E-state index in [2.05, 4.69) is 9.72 Å². The first-order chi connectivity index (χ1) is 6.74. The molecule has 74 valence electrons. The van der Waals surface area contributed by atoms with E-state index >= 15 is 0 Å². The molecule has 0 aliphatic heterocycles. The molecule has 1 heterocycles. The van der Waals surface area contributed by atoms with Gasteiger partial charge in [-0.25, -0.2) is 9.78 Å². The third-order valence-corrected chi connectivity index (χ3v) is 2.55. The second kappa shape index (κ2) is 5.67. The van der Waals surface area contributed by atoms with Gasteiger partial charge in [0.15, 0.2) is 0 Å². The average Bonchev–Trinajstić information content (AvgIpc) is 2.20. The lowest BCUT2D eigenvalue weighted by Gasteiger charge is -1.96. The number of nitrogens with zero attached hydrogens (tertiary/aromatic N) is 1. The van der Waals surface area contributed by atoms with Crippen molar-refractivity contribution in [1.82, 2.24) is 4.98 Å². The summed E-state index contributed by atoms with van der Waals surface area (Å²) < 4.78 is 4.43. The van der Waals surface area contributed by atoms with E-state index in [-0.39, 0.29) is 0 Å². The normalized spacial score (nSPS) is 10.4. The van der Waals surface area contributed by atoms with Crippen LogP contribution in [-0.4, -0.2) is 18.1 Å². The first-order valence-corrected chi connectivity index (χ1v) is 5.01. The van der Waals surface area contributed by atoms with Crippen LogP contribution in [0.4, 0.5) is 0 Å². The van der Waals surface area contributed by atoms with Gasteiger partial charge in [0.05, 0.1) is 12.1 Å². The molecule has 0 atom stereocenters. The monoisotopic (exact) mass is 229 g/mol. The Labute approximate surface area is 91.1 Å². The lowest BCUT2D eigenvalue weighted by Crippen LogP contribution is -1.92. The molecule has 3 nitrogen and oxygen atoms in total. The van der Waals surface area contributed by atoms with Gasteiger partial charge in [0.1, 0.15) is 5.03 Å². The van der Waals surface area contributed by atoms with E-state index in [1.54, 1.807) is 23.7 Å². The van der Waals surface area contributed by atoms with Crippen LogP contribution < -0.4 is 0 Å². The quantitative estimate of drug-likeness (QED) is 0.454. The van der Waals surface area contributed by atoms with E-state index in [1.165, 1.54) is 24.9 Å². The number of hydrogen-bond acceptors (Lipinski definition) is 4. The Balaban J connectivity index is 2.58. The molecule has 0 saturated heterocycles. The molecule has 0 saturated carbocycles. The van der Waals surface area contributed by atoms with Crippen LogP contribution in [0.25, 0.3) is 0 Å². The highest BCUT2D eigenvalue weighted by Crippen LogP contribution is 2.24. The minimum absolute atomic E-state index is 0.399. The summed E-state index contributed by atoms with van der Waals surface area (Å²) in [6.45, 7) is 0. The number of ether oxygens (including phenoxy) is 1. The molecule has 0 fully saturated rings. The van der Waals surface area contributed by atoms with Gasteiger partial charge in [-0.3, -0.25) is 0 Å². The third-order valence-electron chi connectivity index (χ3n) is 1.31.